The Hall–Kier alpha value is -2.48. The van der Waals surface area contributed by atoms with Crippen LogP contribution in [0.4, 0.5) is 8.78 Å². The molecule has 3 aromatic rings. The number of nitrogens with zero attached hydrogens (tertiary/aromatic N) is 4. The van der Waals surface area contributed by atoms with E-state index in [2.05, 4.69) is 16.8 Å². The van der Waals surface area contributed by atoms with Gasteiger partial charge in [-0.25, -0.2) is 8.78 Å². The standard InChI is InChI=1S/C15H12F2N4OS/c1-9(2)8-23-15-19-18-13-14(22)20(5-6-21(13)15)10-3-4-11(16)12(17)7-10/h3-7H,1,8H2,2H3. The Kier molecular flexibility index (Phi) is 3.99. The minimum Gasteiger partial charge on any atom is -0.279 e. The highest BCUT2D eigenvalue weighted by Crippen LogP contribution is 2.18. The molecule has 3 rings (SSSR count). The molecule has 0 aliphatic heterocycles. The fraction of sp³-hybridized carbons (Fsp3) is 0.133. The van der Waals surface area contributed by atoms with Gasteiger partial charge in [0.05, 0.1) is 5.69 Å². The molecule has 0 spiro atoms. The molecule has 5 nitrogen and oxygen atoms in total. The van der Waals surface area contributed by atoms with Crippen LogP contribution in [0.3, 0.4) is 0 Å². The van der Waals surface area contributed by atoms with E-state index in [-0.39, 0.29) is 11.3 Å². The van der Waals surface area contributed by atoms with E-state index in [1.165, 1.54) is 28.6 Å². The van der Waals surface area contributed by atoms with Crippen molar-refractivity contribution in [2.24, 2.45) is 0 Å². The zero-order valence-corrected chi connectivity index (χ0v) is 13.0. The van der Waals surface area contributed by atoms with Gasteiger partial charge in [-0.3, -0.25) is 13.8 Å². The Balaban J connectivity index is 2.07. The molecule has 0 fully saturated rings. The summed E-state index contributed by atoms with van der Waals surface area (Å²) in [6.07, 6.45) is 3.08. The van der Waals surface area contributed by atoms with Gasteiger partial charge in [-0.1, -0.05) is 23.9 Å². The first-order chi connectivity index (χ1) is 11.0. The van der Waals surface area contributed by atoms with Gasteiger partial charge >= 0.3 is 5.56 Å². The van der Waals surface area contributed by atoms with Crippen molar-refractivity contribution in [2.75, 3.05) is 5.75 Å². The van der Waals surface area contributed by atoms with Crippen LogP contribution in [0, 0.1) is 11.6 Å². The molecule has 0 bridgehead atoms. The largest absolute Gasteiger partial charge is 0.300 e. The fourth-order valence-electron chi connectivity index (χ4n) is 1.99. The molecule has 2 heterocycles. The highest BCUT2D eigenvalue weighted by Gasteiger charge is 2.13. The second-order valence-corrected chi connectivity index (χ2v) is 5.94. The molecule has 0 saturated heterocycles. The molecular weight excluding hydrogens is 322 g/mol. The smallest absolute Gasteiger partial charge is 0.279 e. The lowest BCUT2D eigenvalue weighted by Crippen LogP contribution is -2.20. The van der Waals surface area contributed by atoms with Gasteiger partial charge in [0, 0.05) is 24.2 Å². The lowest BCUT2D eigenvalue weighted by atomic mass is 10.3. The molecule has 0 radical (unpaired) electrons. The fourth-order valence-corrected chi connectivity index (χ4v) is 2.75. The second kappa shape index (κ2) is 5.96. The van der Waals surface area contributed by atoms with Crippen LogP contribution >= 0.6 is 11.8 Å². The molecule has 1 aromatic carbocycles. The first-order valence-electron chi connectivity index (χ1n) is 6.66. The van der Waals surface area contributed by atoms with Crippen LogP contribution in [-0.2, 0) is 0 Å². The SMILES string of the molecule is C=C(C)CSc1nnc2c(=O)n(-c3ccc(F)c(F)c3)ccn12. The first-order valence-corrected chi connectivity index (χ1v) is 7.65. The molecule has 0 unspecified atom stereocenters. The Morgan fingerprint density at radius 2 is 2.04 bits per heavy atom. The van der Waals surface area contributed by atoms with Gasteiger partial charge < -0.3 is 0 Å². The van der Waals surface area contributed by atoms with Gasteiger partial charge in [0.25, 0.3) is 0 Å². The maximum atomic E-state index is 13.4. The highest BCUT2D eigenvalue weighted by molar-refractivity contribution is 7.99. The van der Waals surface area contributed by atoms with E-state index in [0.29, 0.717) is 10.9 Å². The van der Waals surface area contributed by atoms with Crippen molar-refractivity contribution < 1.29 is 8.78 Å². The van der Waals surface area contributed by atoms with Crippen molar-refractivity contribution in [1.82, 2.24) is 19.2 Å². The van der Waals surface area contributed by atoms with E-state index >= 15 is 0 Å². The molecular formula is C15H12F2N4OS. The van der Waals surface area contributed by atoms with E-state index in [0.717, 1.165) is 17.7 Å². The Bertz CT molecular complexity index is 964. The molecule has 23 heavy (non-hydrogen) atoms. The molecule has 2 aromatic heterocycles. The van der Waals surface area contributed by atoms with Gasteiger partial charge in [0.2, 0.25) is 5.65 Å². The average Bonchev–Trinajstić information content (AvgIpc) is 2.92. The number of rotatable bonds is 4. The summed E-state index contributed by atoms with van der Waals surface area (Å²) in [7, 11) is 0. The van der Waals surface area contributed by atoms with Crippen molar-refractivity contribution in [2.45, 2.75) is 12.1 Å². The molecule has 8 heteroatoms. The molecule has 0 aliphatic carbocycles. The quantitative estimate of drug-likeness (QED) is 0.544. The van der Waals surface area contributed by atoms with Gasteiger partial charge in [0.15, 0.2) is 16.8 Å². The lowest BCUT2D eigenvalue weighted by Gasteiger charge is -2.06. The van der Waals surface area contributed by atoms with E-state index < -0.39 is 17.2 Å². The van der Waals surface area contributed by atoms with Crippen LogP contribution in [0.5, 0.6) is 0 Å². The van der Waals surface area contributed by atoms with Crippen molar-refractivity contribution in [3.63, 3.8) is 0 Å². The number of thioether (sulfide) groups is 1. The molecule has 0 atom stereocenters. The van der Waals surface area contributed by atoms with Crippen molar-refractivity contribution in [1.29, 1.82) is 0 Å². The zero-order valence-electron chi connectivity index (χ0n) is 12.2. The molecule has 0 saturated carbocycles. The number of aromatic nitrogens is 4. The maximum Gasteiger partial charge on any atom is 0.300 e. The number of benzene rings is 1. The number of fused-ring (bicyclic) bond motifs is 1. The zero-order chi connectivity index (χ0) is 16.6. The van der Waals surface area contributed by atoms with Gasteiger partial charge in [-0.05, 0) is 19.1 Å². The van der Waals surface area contributed by atoms with Gasteiger partial charge in [-0.2, -0.15) is 0 Å². The van der Waals surface area contributed by atoms with Crippen LogP contribution in [0.2, 0.25) is 0 Å². The molecule has 0 amide bonds. The van der Waals surface area contributed by atoms with Crippen molar-refractivity contribution in [3.05, 3.63) is 64.7 Å². The van der Waals surface area contributed by atoms with Crippen LogP contribution in [0.1, 0.15) is 6.92 Å². The summed E-state index contributed by atoms with van der Waals surface area (Å²) in [5.41, 5.74) is 0.840. The summed E-state index contributed by atoms with van der Waals surface area (Å²) < 4.78 is 29.1. The van der Waals surface area contributed by atoms with E-state index in [9.17, 15) is 13.6 Å². The summed E-state index contributed by atoms with van der Waals surface area (Å²) in [6, 6.07) is 3.25. The van der Waals surface area contributed by atoms with Crippen LogP contribution in [-0.4, -0.2) is 24.9 Å². The second-order valence-electron chi connectivity index (χ2n) is 4.99. The van der Waals surface area contributed by atoms with E-state index in [1.54, 1.807) is 10.6 Å². The monoisotopic (exact) mass is 334 g/mol. The van der Waals surface area contributed by atoms with Gasteiger partial charge in [-0.15, -0.1) is 10.2 Å². The Morgan fingerprint density at radius 1 is 1.26 bits per heavy atom. The summed E-state index contributed by atoms with van der Waals surface area (Å²) in [5, 5.41) is 8.43. The van der Waals surface area contributed by atoms with E-state index in [1.807, 2.05) is 6.92 Å². The molecule has 0 aliphatic rings. The lowest BCUT2D eigenvalue weighted by molar-refractivity contribution is 0.508. The summed E-state index contributed by atoms with van der Waals surface area (Å²) in [4.78, 5) is 12.5. The Morgan fingerprint density at radius 3 is 2.74 bits per heavy atom. The van der Waals surface area contributed by atoms with Crippen molar-refractivity contribution >= 4 is 17.4 Å². The van der Waals surface area contributed by atoms with Gasteiger partial charge in [0.1, 0.15) is 0 Å². The molecule has 0 N–H and O–H groups in total. The van der Waals surface area contributed by atoms with Crippen LogP contribution in [0.15, 0.2) is 52.7 Å². The average molecular weight is 334 g/mol. The summed E-state index contributed by atoms with van der Waals surface area (Å²) in [5.74, 6) is -1.33. The normalized spacial score (nSPS) is 11.1. The summed E-state index contributed by atoms with van der Waals surface area (Å²) in [6.45, 7) is 5.71. The minimum atomic E-state index is -1.02. The predicted octanol–water partition coefficient (Wildman–Crippen LogP) is 2.83. The highest BCUT2D eigenvalue weighted by atomic mass is 32.2. The summed E-state index contributed by atoms with van der Waals surface area (Å²) >= 11 is 1.41. The number of halogens is 2. The Labute approximate surface area is 134 Å². The first kappa shape index (κ1) is 15.4. The third-order valence-electron chi connectivity index (χ3n) is 3.07. The number of hydrogen-bond donors (Lipinski definition) is 0. The number of hydrogen-bond acceptors (Lipinski definition) is 4. The van der Waals surface area contributed by atoms with Crippen molar-refractivity contribution in [3.8, 4) is 5.69 Å². The topological polar surface area (TPSA) is 52.2 Å². The van der Waals surface area contributed by atoms with Crippen LogP contribution < -0.4 is 5.56 Å². The van der Waals surface area contributed by atoms with Crippen LogP contribution in [0.25, 0.3) is 11.3 Å². The maximum absolute atomic E-state index is 13.4. The third-order valence-corrected chi connectivity index (χ3v) is 4.24. The predicted molar refractivity (Wildman–Crippen MR) is 84.0 cm³/mol. The van der Waals surface area contributed by atoms with E-state index in [4.69, 9.17) is 0 Å². The molecule has 118 valence electrons. The minimum absolute atomic E-state index is 0.112. The third kappa shape index (κ3) is 2.89.